The lowest BCUT2D eigenvalue weighted by Gasteiger charge is -2.21. The summed E-state index contributed by atoms with van der Waals surface area (Å²) in [5, 5.41) is 8.97. The van der Waals surface area contributed by atoms with E-state index in [2.05, 4.69) is 0 Å². The highest BCUT2D eigenvalue weighted by Crippen LogP contribution is 2.21. The first kappa shape index (κ1) is 11.6. The predicted molar refractivity (Wildman–Crippen MR) is 57.6 cm³/mol. The molecule has 1 aliphatic rings. The van der Waals surface area contributed by atoms with Gasteiger partial charge in [-0.15, -0.1) is 0 Å². The molecule has 1 aromatic carbocycles. The average molecular weight is 237 g/mol. The molecular formula is C12H12FNO3. The molecule has 0 aliphatic carbocycles. The van der Waals surface area contributed by atoms with Gasteiger partial charge in [-0.3, -0.25) is 4.79 Å². The largest absolute Gasteiger partial charge is 0.480 e. The van der Waals surface area contributed by atoms with Gasteiger partial charge in [-0.1, -0.05) is 12.1 Å². The molecular weight excluding hydrogens is 225 g/mol. The first-order chi connectivity index (χ1) is 8.08. The Bertz CT molecular complexity index is 444. The molecule has 0 saturated carbocycles. The fraction of sp³-hybridized carbons (Fsp3) is 0.333. The Hall–Kier alpha value is -1.91. The van der Waals surface area contributed by atoms with Gasteiger partial charge in [0.25, 0.3) is 0 Å². The fourth-order valence-electron chi connectivity index (χ4n) is 1.98. The quantitative estimate of drug-likeness (QED) is 0.864. The van der Waals surface area contributed by atoms with Crippen LogP contribution in [0.3, 0.4) is 0 Å². The highest BCUT2D eigenvalue weighted by molar-refractivity contribution is 5.87. The summed E-state index contributed by atoms with van der Waals surface area (Å²) in [7, 11) is 0. The van der Waals surface area contributed by atoms with Gasteiger partial charge in [-0.05, 0) is 24.1 Å². The van der Waals surface area contributed by atoms with Crippen molar-refractivity contribution in [2.45, 2.75) is 25.4 Å². The van der Waals surface area contributed by atoms with E-state index < -0.39 is 12.0 Å². The number of benzene rings is 1. The van der Waals surface area contributed by atoms with Gasteiger partial charge in [0.1, 0.15) is 11.9 Å². The lowest BCUT2D eigenvalue weighted by atomic mass is 10.2. The minimum Gasteiger partial charge on any atom is -0.480 e. The number of likely N-dealkylation sites (tertiary alicyclic amines) is 1. The van der Waals surface area contributed by atoms with Gasteiger partial charge in [-0.2, -0.15) is 0 Å². The lowest BCUT2D eigenvalue weighted by Crippen LogP contribution is -2.37. The number of rotatable bonds is 3. The maximum Gasteiger partial charge on any atom is 0.326 e. The lowest BCUT2D eigenvalue weighted by molar-refractivity contribution is -0.146. The summed E-state index contributed by atoms with van der Waals surface area (Å²) in [5.74, 6) is -1.50. The molecule has 0 aromatic heterocycles. The van der Waals surface area contributed by atoms with Crippen molar-refractivity contribution in [1.82, 2.24) is 4.90 Å². The van der Waals surface area contributed by atoms with Crippen molar-refractivity contribution in [1.29, 1.82) is 0 Å². The van der Waals surface area contributed by atoms with Gasteiger partial charge >= 0.3 is 5.97 Å². The maximum atomic E-state index is 12.7. The van der Waals surface area contributed by atoms with E-state index >= 15 is 0 Å². The number of hydrogen-bond donors (Lipinski definition) is 1. The highest BCUT2D eigenvalue weighted by atomic mass is 19.1. The smallest absolute Gasteiger partial charge is 0.326 e. The second kappa shape index (κ2) is 4.53. The molecule has 1 aliphatic heterocycles. The van der Waals surface area contributed by atoms with E-state index in [1.165, 1.54) is 17.0 Å². The normalized spacial score (nSPS) is 19.7. The summed E-state index contributed by atoms with van der Waals surface area (Å²) in [6, 6.07) is 4.95. The molecule has 1 heterocycles. The molecule has 1 atom stereocenters. The number of carboxylic acid groups (broad SMARTS) is 1. The number of carboxylic acids is 1. The second-order valence-corrected chi connectivity index (χ2v) is 4.04. The van der Waals surface area contributed by atoms with Gasteiger partial charge in [0.15, 0.2) is 0 Å². The Morgan fingerprint density at radius 2 is 2.06 bits per heavy atom. The van der Waals surface area contributed by atoms with Crippen molar-refractivity contribution in [3.63, 3.8) is 0 Å². The summed E-state index contributed by atoms with van der Waals surface area (Å²) >= 11 is 0. The van der Waals surface area contributed by atoms with Gasteiger partial charge in [0.2, 0.25) is 5.91 Å². The number of carbonyl (C=O) groups is 2. The van der Waals surface area contributed by atoms with Crippen LogP contribution in [0.4, 0.5) is 4.39 Å². The molecule has 1 aromatic rings. The molecule has 0 spiro atoms. The molecule has 4 nitrogen and oxygen atoms in total. The topological polar surface area (TPSA) is 57.6 Å². The van der Waals surface area contributed by atoms with Crippen molar-refractivity contribution in [2.24, 2.45) is 0 Å². The predicted octanol–water partition coefficient (Wildman–Crippen LogP) is 1.40. The van der Waals surface area contributed by atoms with Crippen LogP contribution in [0, 0.1) is 5.82 Å². The van der Waals surface area contributed by atoms with Crippen molar-refractivity contribution < 1.29 is 19.1 Å². The van der Waals surface area contributed by atoms with Crippen LogP contribution < -0.4 is 0 Å². The van der Waals surface area contributed by atoms with Crippen LogP contribution >= 0.6 is 0 Å². The van der Waals surface area contributed by atoms with E-state index in [9.17, 15) is 14.0 Å². The Labute approximate surface area is 97.7 Å². The standard InChI is InChI=1S/C12H12FNO3/c13-9-3-1-8(2-4-9)7-14-10(12(16)17)5-6-11(14)15/h1-4,10H,5-7H2,(H,16,17)/t10-/m0/s1. The number of hydrogen-bond acceptors (Lipinski definition) is 2. The van der Waals surface area contributed by atoms with Gasteiger partial charge < -0.3 is 10.0 Å². The molecule has 0 bridgehead atoms. The molecule has 5 heteroatoms. The molecule has 0 radical (unpaired) electrons. The summed E-state index contributed by atoms with van der Waals surface area (Å²) < 4.78 is 12.7. The van der Waals surface area contributed by atoms with Crippen LogP contribution in [0.1, 0.15) is 18.4 Å². The second-order valence-electron chi connectivity index (χ2n) is 4.04. The summed E-state index contributed by atoms with van der Waals surface area (Å²) in [5.41, 5.74) is 0.730. The summed E-state index contributed by atoms with van der Waals surface area (Å²) in [6.07, 6.45) is 0.605. The number of halogens is 1. The molecule has 2 rings (SSSR count). The minimum atomic E-state index is -0.988. The van der Waals surface area contributed by atoms with Crippen molar-refractivity contribution >= 4 is 11.9 Å². The fourth-order valence-corrected chi connectivity index (χ4v) is 1.98. The zero-order chi connectivity index (χ0) is 12.4. The number of carbonyl (C=O) groups excluding carboxylic acids is 1. The third kappa shape index (κ3) is 2.43. The van der Waals surface area contributed by atoms with E-state index in [4.69, 9.17) is 5.11 Å². The minimum absolute atomic E-state index is 0.165. The summed E-state index contributed by atoms with van der Waals surface area (Å²) in [4.78, 5) is 23.8. The first-order valence-corrected chi connectivity index (χ1v) is 5.34. The Morgan fingerprint density at radius 1 is 1.41 bits per heavy atom. The molecule has 1 N–H and O–H groups in total. The van der Waals surface area contributed by atoms with Gasteiger partial charge in [0, 0.05) is 13.0 Å². The zero-order valence-corrected chi connectivity index (χ0v) is 9.10. The molecule has 0 unspecified atom stereocenters. The van der Waals surface area contributed by atoms with Crippen LogP contribution in [0.15, 0.2) is 24.3 Å². The first-order valence-electron chi connectivity index (χ1n) is 5.34. The maximum absolute atomic E-state index is 12.7. The molecule has 1 amide bonds. The van der Waals surface area contributed by atoms with Crippen LogP contribution in [-0.2, 0) is 16.1 Å². The molecule has 1 fully saturated rings. The van der Waals surface area contributed by atoms with Crippen LogP contribution in [0.2, 0.25) is 0 Å². The van der Waals surface area contributed by atoms with E-state index in [0.717, 1.165) is 5.56 Å². The Balaban J connectivity index is 2.13. The van der Waals surface area contributed by atoms with Crippen LogP contribution in [0.5, 0.6) is 0 Å². The third-order valence-corrected chi connectivity index (χ3v) is 2.88. The van der Waals surface area contributed by atoms with Crippen molar-refractivity contribution in [3.8, 4) is 0 Å². The molecule has 1 saturated heterocycles. The Kier molecular flexibility index (Phi) is 3.08. The van der Waals surface area contributed by atoms with Crippen LogP contribution in [0.25, 0.3) is 0 Å². The van der Waals surface area contributed by atoms with E-state index in [-0.39, 0.29) is 24.7 Å². The summed E-state index contributed by atoms with van der Waals surface area (Å²) in [6.45, 7) is 0.218. The van der Waals surface area contributed by atoms with E-state index in [0.29, 0.717) is 6.42 Å². The van der Waals surface area contributed by atoms with Crippen molar-refractivity contribution in [3.05, 3.63) is 35.6 Å². The van der Waals surface area contributed by atoms with Gasteiger partial charge in [0.05, 0.1) is 0 Å². The highest BCUT2D eigenvalue weighted by Gasteiger charge is 2.35. The molecule has 90 valence electrons. The third-order valence-electron chi connectivity index (χ3n) is 2.88. The SMILES string of the molecule is O=C(O)[C@@H]1CCC(=O)N1Cc1ccc(F)cc1. The average Bonchev–Trinajstić information content (AvgIpc) is 2.64. The van der Waals surface area contributed by atoms with Crippen LogP contribution in [-0.4, -0.2) is 27.9 Å². The zero-order valence-electron chi connectivity index (χ0n) is 9.10. The number of aliphatic carboxylic acids is 1. The van der Waals surface area contributed by atoms with Gasteiger partial charge in [-0.25, -0.2) is 9.18 Å². The molecule has 17 heavy (non-hydrogen) atoms. The van der Waals surface area contributed by atoms with E-state index in [1.807, 2.05) is 0 Å². The number of nitrogens with zero attached hydrogens (tertiary/aromatic N) is 1. The van der Waals surface area contributed by atoms with Crippen molar-refractivity contribution in [2.75, 3.05) is 0 Å². The van der Waals surface area contributed by atoms with E-state index in [1.54, 1.807) is 12.1 Å². The monoisotopic (exact) mass is 237 g/mol. The Morgan fingerprint density at radius 3 is 2.65 bits per heavy atom. The number of amides is 1.